The molecule has 1 aliphatic rings. The van der Waals surface area contributed by atoms with Crippen molar-refractivity contribution in [3.05, 3.63) is 28.8 Å². The van der Waals surface area contributed by atoms with E-state index < -0.39 is 30.8 Å². The van der Waals surface area contributed by atoms with Gasteiger partial charge in [-0.25, -0.2) is 0 Å². The number of hydrogen-bond donors (Lipinski definition) is 1. The van der Waals surface area contributed by atoms with Gasteiger partial charge in [-0.05, 0) is 31.9 Å². The summed E-state index contributed by atoms with van der Waals surface area (Å²) in [6.07, 6.45) is -4.95. The van der Waals surface area contributed by atoms with E-state index in [-0.39, 0.29) is 5.01 Å². The van der Waals surface area contributed by atoms with Crippen LogP contribution < -0.4 is 4.74 Å². The number of alkyl halides is 3. The number of benzene rings is 1. The van der Waals surface area contributed by atoms with Crippen molar-refractivity contribution in [2.24, 2.45) is 5.10 Å². The predicted octanol–water partition coefficient (Wildman–Crippen LogP) is 2.46. The summed E-state index contributed by atoms with van der Waals surface area (Å²) < 4.78 is 44.1. The molecular weight excluding hydrogens is 313 g/mol. The lowest BCUT2D eigenvalue weighted by molar-refractivity contribution is -0.302. The second kappa shape index (κ2) is 5.84. The van der Waals surface area contributed by atoms with Crippen molar-refractivity contribution in [3.8, 4) is 5.75 Å². The third-order valence-electron chi connectivity index (χ3n) is 3.56. The minimum atomic E-state index is -5.01. The Morgan fingerprint density at radius 1 is 1.35 bits per heavy atom. The molecule has 0 radical (unpaired) electrons. The number of halogens is 3. The summed E-state index contributed by atoms with van der Waals surface area (Å²) in [6.45, 7) is 4.80. The molecule has 0 fully saturated rings. The molecule has 5 nitrogen and oxygen atoms in total. The summed E-state index contributed by atoms with van der Waals surface area (Å²) in [7, 11) is 0. The minimum absolute atomic E-state index is 0.0336. The quantitative estimate of drug-likeness (QED) is 0.926. The van der Waals surface area contributed by atoms with E-state index in [2.05, 4.69) is 5.10 Å². The van der Waals surface area contributed by atoms with E-state index in [1.165, 1.54) is 0 Å². The molecule has 23 heavy (non-hydrogen) atoms. The van der Waals surface area contributed by atoms with Crippen LogP contribution in [0.25, 0.3) is 0 Å². The Kier molecular flexibility index (Phi) is 4.39. The largest absolute Gasteiger partial charge is 0.483 e. The lowest BCUT2D eigenvalue weighted by atomic mass is 10.1. The molecule has 1 aromatic carbocycles. The summed E-state index contributed by atoms with van der Waals surface area (Å²) in [5.41, 5.74) is -0.767. The lowest BCUT2D eigenvalue weighted by Crippen LogP contribution is -2.57. The van der Waals surface area contributed by atoms with Crippen molar-refractivity contribution in [1.29, 1.82) is 0 Å². The highest BCUT2D eigenvalue weighted by Crippen LogP contribution is 2.38. The van der Waals surface area contributed by atoms with E-state index in [1.54, 1.807) is 13.8 Å². The fourth-order valence-corrected chi connectivity index (χ4v) is 2.53. The number of rotatable bonds is 3. The lowest BCUT2D eigenvalue weighted by Gasteiger charge is -2.32. The molecule has 1 N–H and O–H groups in total. The maximum atomic E-state index is 12.9. The van der Waals surface area contributed by atoms with Gasteiger partial charge in [0.25, 0.3) is 11.6 Å². The van der Waals surface area contributed by atoms with Gasteiger partial charge in [-0.3, -0.25) is 4.79 Å². The molecule has 0 bridgehead atoms. The van der Waals surface area contributed by atoms with Gasteiger partial charge in [-0.2, -0.15) is 23.3 Å². The standard InChI is InChI=1S/C15H17F3N2O3/c1-9-6-10(2)13(11(3)7-9)23-8-12(21)20-14(22,4-5-19-20)15(16,17)18/h5-7,22H,4,8H2,1-3H3/t14-/m1/s1. The Bertz CT molecular complexity index is 635. The Labute approximate surface area is 131 Å². The van der Waals surface area contributed by atoms with Gasteiger partial charge in [0.05, 0.1) is 0 Å². The number of ether oxygens (including phenoxy) is 1. The normalized spacial score (nSPS) is 20.9. The third kappa shape index (κ3) is 3.17. The first-order valence-corrected chi connectivity index (χ1v) is 6.91. The Morgan fingerprint density at radius 3 is 2.43 bits per heavy atom. The van der Waals surface area contributed by atoms with Gasteiger partial charge < -0.3 is 9.84 Å². The Hall–Kier alpha value is -2.09. The van der Waals surface area contributed by atoms with E-state index in [4.69, 9.17) is 4.74 Å². The van der Waals surface area contributed by atoms with Gasteiger partial charge in [0.2, 0.25) is 0 Å². The van der Waals surface area contributed by atoms with Crippen molar-refractivity contribution in [3.63, 3.8) is 0 Å². The zero-order valence-electron chi connectivity index (χ0n) is 12.9. The topological polar surface area (TPSA) is 62.1 Å². The molecular formula is C15H17F3N2O3. The number of carbonyl (C=O) groups is 1. The first-order chi connectivity index (χ1) is 10.6. The van der Waals surface area contributed by atoms with Gasteiger partial charge >= 0.3 is 6.18 Å². The van der Waals surface area contributed by atoms with Gasteiger partial charge in [-0.1, -0.05) is 17.7 Å². The van der Waals surface area contributed by atoms with Crippen LogP contribution >= 0.6 is 0 Å². The first kappa shape index (κ1) is 17.3. The molecule has 126 valence electrons. The third-order valence-corrected chi connectivity index (χ3v) is 3.56. The van der Waals surface area contributed by atoms with Gasteiger partial charge in [0.15, 0.2) is 6.61 Å². The molecule has 1 aromatic rings. The van der Waals surface area contributed by atoms with Crippen LogP contribution in [0.2, 0.25) is 0 Å². The van der Waals surface area contributed by atoms with Gasteiger partial charge in [0.1, 0.15) is 5.75 Å². The molecule has 1 atom stereocenters. The molecule has 8 heteroatoms. The van der Waals surface area contributed by atoms with Crippen LogP contribution in [-0.4, -0.2) is 40.7 Å². The number of aryl methyl sites for hydroxylation is 3. The van der Waals surface area contributed by atoms with E-state index >= 15 is 0 Å². The predicted molar refractivity (Wildman–Crippen MR) is 77.1 cm³/mol. The Balaban J connectivity index is 2.13. The molecule has 0 saturated carbocycles. The molecule has 0 aliphatic carbocycles. The van der Waals surface area contributed by atoms with Crippen molar-refractivity contribution in [2.75, 3.05) is 6.61 Å². The van der Waals surface area contributed by atoms with Crippen molar-refractivity contribution in [1.82, 2.24) is 5.01 Å². The highest BCUT2D eigenvalue weighted by atomic mass is 19.4. The maximum Gasteiger partial charge on any atom is 0.438 e. The van der Waals surface area contributed by atoms with Crippen LogP contribution in [0.1, 0.15) is 23.1 Å². The number of hydrogen-bond acceptors (Lipinski definition) is 4. The van der Waals surface area contributed by atoms with E-state index in [0.717, 1.165) is 22.9 Å². The summed E-state index contributed by atoms with van der Waals surface area (Å²) in [5.74, 6) is -0.638. The fraction of sp³-hybridized carbons (Fsp3) is 0.467. The highest BCUT2D eigenvalue weighted by Gasteiger charge is 2.61. The molecule has 1 amide bonds. The zero-order chi connectivity index (χ0) is 17.4. The van der Waals surface area contributed by atoms with E-state index in [9.17, 15) is 23.1 Å². The van der Waals surface area contributed by atoms with Crippen LogP contribution in [0.4, 0.5) is 13.2 Å². The van der Waals surface area contributed by atoms with Crippen LogP contribution in [0, 0.1) is 20.8 Å². The van der Waals surface area contributed by atoms with Crippen molar-refractivity contribution in [2.45, 2.75) is 39.1 Å². The van der Waals surface area contributed by atoms with Crippen molar-refractivity contribution >= 4 is 12.1 Å². The fourth-order valence-electron chi connectivity index (χ4n) is 2.53. The number of carbonyl (C=O) groups excluding carboxylic acids is 1. The number of nitrogens with zero attached hydrogens (tertiary/aromatic N) is 2. The van der Waals surface area contributed by atoms with Crippen LogP contribution in [0.5, 0.6) is 5.75 Å². The molecule has 0 spiro atoms. The van der Waals surface area contributed by atoms with Gasteiger partial charge in [0, 0.05) is 12.6 Å². The molecule has 2 rings (SSSR count). The van der Waals surface area contributed by atoms with Crippen molar-refractivity contribution < 1.29 is 27.8 Å². The molecule has 1 heterocycles. The second-order valence-corrected chi connectivity index (χ2v) is 5.54. The van der Waals surface area contributed by atoms with Crippen LogP contribution in [0.15, 0.2) is 17.2 Å². The molecule has 0 saturated heterocycles. The monoisotopic (exact) mass is 330 g/mol. The number of hydrazone groups is 1. The molecule has 1 aliphatic heterocycles. The summed E-state index contributed by atoms with van der Waals surface area (Å²) in [5, 5.41) is 13.1. The molecule has 0 aromatic heterocycles. The van der Waals surface area contributed by atoms with Crippen LogP contribution in [0.3, 0.4) is 0 Å². The smallest absolute Gasteiger partial charge is 0.438 e. The van der Waals surface area contributed by atoms with E-state index in [1.807, 2.05) is 19.1 Å². The van der Waals surface area contributed by atoms with Gasteiger partial charge in [-0.15, -0.1) is 0 Å². The maximum absolute atomic E-state index is 12.9. The highest BCUT2D eigenvalue weighted by molar-refractivity contribution is 5.81. The summed E-state index contributed by atoms with van der Waals surface area (Å²) >= 11 is 0. The van der Waals surface area contributed by atoms with E-state index in [0.29, 0.717) is 5.75 Å². The average Bonchev–Trinajstić information content (AvgIpc) is 2.80. The second-order valence-electron chi connectivity index (χ2n) is 5.54. The zero-order valence-corrected chi connectivity index (χ0v) is 12.9. The Morgan fingerprint density at radius 2 is 1.91 bits per heavy atom. The molecule has 0 unspecified atom stereocenters. The summed E-state index contributed by atoms with van der Waals surface area (Å²) in [4.78, 5) is 12.0. The average molecular weight is 330 g/mol. The minimum Gasteiger partial charge on any atom is -0.483 e. The van der Waals surface area contributed by atoms with Crippen LogP contribution in [-0.2, 0) is 4.79 Å². The first-order valence-electron chi connectivity index (χ1n) is 6.91. The number of amides is 1. The SMILES string of the molecule is Cc1cc(C)c(OCC(=O)N2N=CC[C@@]2(O)C(F)(F)F)c(C)c1. The summed E-state index contributed by atoms with van der Waals surface area (Å²) in [6, 6.07) is 3.68. The number of aliphatic hydroxyl groups is 1.